The van der Waals surface area contributed by atoms with Crippen molar-refractivity contribution < 1.29 is 5.11 Å². The molecule has 0 radical (unpaired) electrons. The van der Waals surface area contributed by atoms with Gasteiger partial charge in [-0.1, -0.05) is 51.1 Å². The lowest BCUT2D eigenvalue weighted by Gasteiger charge is -2.49. The van der Waals surface area contributed by atoms with Crippen LogP contribution in [-0.4, -0.2) is 23.8 Å². The zero-order valence-corrected chi connectivity index (χ0v) is 11.7. The smallest absolute Gasteiger partial charge is 0.0621 e. The average molecular weight is 247 g/mol. The number of rotatable bonds is 5. The highest BCUT2D eigenvalue weighted by Gasteiger charge is 2.46. The molecule has 0 aromatic heterocycles. The maximum absolute atomic E-state index is 9.69. The number of hydrogen-bond acceptors (Lipinski definition) is 2. The number of benzene rings is 1. The Bertz CT molecular complexity index is 374. The molecule has 0 aliphatic heterocycles. The maximum Gasteiger partial charge on any atom is 0.0621 e. The highest BCUT2D eigenvalue weighted by atomic mass is 16.3. The third kappa shape index (κ3) is 2.76. The zero-order valence-electron chi connectivity index (χ0n) is 11.7. The van der Waals surface area contributed by atoms with Crippen molar-refractivity contribution in [2.24, 2.45) is 5.41 Å². The summed E-state index contributed by atoms with van der Waals surface area (Å²) in [6.07, 6.45) is 1.90. The lowest BCUT2D eigenvalue weighted by Crippen LogP contribution is -2.60. The summed E-state index contributed by atoms with van der Waals surface area (Å²) < 4.78 is 0. The quantitative estimate of drug-likeness (QED) is 0.838. The van der Waals surface area contributed by atoms with E-state index in [0.29, 0.717) is 12.0 Å². The van der Waals surface area contributed by atoms with Gasteiger partial charge in [-0.05, 0) is 30.9 Å². The van der Waals surface area contributed by atoms with Crippen LogP contribution in [0.4, 0.5) is 0 Å². The van der Waals surface area contributed by atoms with Gasteiger partial charge >= 0.3 is 0 Å². The van der Waals surface area contributed by atoms with Crippen molar-refractivity contribution >= 4 is 0 Å². The predicted octanol–water partition coefficient (Wildman–Crippen LogP) is 2.93. The van der Waals surface area contributed by atoms with Crippen LogP contribution in [0.15, 0.2) is 30.3 Å². The number of nitrogens with one attached hydrogen (secondary N) is 1. The van der Waals surface area contributed by atoms with E-state index >= 15 is 0 Å². The Balaban J connectivity index is 1.73. The Hall–Kier alpha value is -0.860. The predicted molar refractivity (Wildman–Crippen MR) is 75.7 cm³/mol. The molecule has 2 N–H and O–H groups in total. The molecule has 1 aromatic rings. The fraction of sp³-hybridized carbons (Fsp3) is 0.625. The summed E-state index contributed by atoms with van der Waals surface area (Å²) in [7, 11) is 0. The summed E-state index contributed by atoms with van der Waals surface area (Å²) in [6.45, 7) is 7.58. The average Bonchev–Trinajstić information content (AvgIpc) is 2.38. The highest BCUT2D eigenvalue weighted by molar-refractivity contribution is 5.18. The molecule has 0 bridgehead atoms. The maximum atomic E-state index is 9.69. The molecule has 0 saturated heterocycles. The van der Waals surface area contributed by atoms with E-state index in [2.05, 4.69) is 56.4 Å². The van der Waals surface area contributed by atoms with E-state index < -0.39 is 0 Å². The van der Waals surface area contributed by atoms with Crippen LogP contribution in [0.25, 0.3) is 0 Å². The van der Waals surface area contributed by atoms with Crippen molar-refractivity contribution in [1.29, 1.82) is 0 Å². The molecule has 3 atom stereocenters. The van der Waals surface area contributed by atoms with E-state index in [4.69, 9.17) is 0 Å². The van der Waals surface area contributed by atoms with E-state index in [1.54, 1.807) is 0 Å². The van der Waals surface area contributed by atoms with Crippen molar-refractivity contribution in [3.8, 4) is 0 Å². The van der Waals surface area contributed by atoms with Crippen LogP contribution in [0, 0.1) is 5.41 Å². The summed E-state index contributed by atoms with van der Waals surface area (Å²) in [5, 5.41) is 13.3. The molecule has 100 valence electrons. The lowest BCUT2D eigenvalue weighted by molar-refractivity contribution is -0.0723. The largest absolute Gasteiger partial charge is 0.392 e. The highest BCUT2D eigenvalue weighted by Crippen LogP contribution is 2.40. The van der Waals surface area contributed by atoms with Crippen LogP contribution in [0.5, 0.6) is 0 Å². The molecule has 0 amide bonds. The van der Waals surface area contributed by atoms with E-state index in [-0.39, 0.29) is 11.5 Å². The van der Waals surface area contributed by atoms with Gasteiger partial charge in [0.1, 0.15) is 0 Å². The van der Waals surface area contributed by atoms with Crippen molar-refractivity contribution in [2.75, 3.05) is 6.54 Å². The van der Waals surface area contributed by atoms with E-state index in [1.807, 2.05) is 0 Å². The minimum Gasteiger partial charge on any atom is -0.392 e. The Morgan fingerprint density at radius 1 is 1.33 bits per heavy atom. The van der Waals surface area contributed by atoms with Gasteiger partial charge in [0.25, 0.3) is 0 Å². The van der Waals surface area contributed by atoms with Gasteiger partial charge in [-0.25, -0.2) is 0 Å². The third-order valence-electron chi connectivity index (χ3n) is 4.55. The first-order valence-corrected chi connectivity index (χ1v) is 6.98. The SMILES string of the molecule is CC(CCNC1CC(O)C1(C)C)c1ccccc1. The molecule has 0 spiro atoms. The summed E-state index contributed by atoms with van der Waals surface area (Å²) >= 11 is 0. The Morgan fingerprint density at radius 2 is 2.00 bits per heavy atom. The fourth-order valence-corrected chi connectivity index (χ4v) is 2.67. The van der Waals surface area contributed by atoms with Crippen LogP contribution in [0.2, 0.25) is 0 Å². The summed E-state index contributed by atoms with van der Waals surface area (Å²) in [6, 6.07) is 11.1. The summed E-state index contributed by atoms with van der Waals surface area (Å²) in [5.74, 6) is 0.590. The lowest BCUT2D eigenvalue weighted by atomic mass is 9.64. The number of aliphatic hydroxyl groups is 1. The molecule has 0 heterocycles. The molecule has 1 aromatic carbocycles. The topological polar surface area (TPSA) is 32.3 Å². The van der Waals surface area contributed by atoms with Gasteiger partial charge in [-0.2, -0.15) is 0 Å². The molecule has 1 aliphatic carbocycles. The van der Waals surface area contributed by atoms with Crippen LogP contribution in [0.1, 0.15) is 45.1 Å². The van der Waals surface area contributed by atoms with Gasteiger partial charge in [0.05, 0.1) is 6.10 Å². The molecule has 18 heavy (non-hydrogen) atoms. The molecule has 2 heteroatoms. The standard InChI is InChI=1S/C16H25NO/c1-12(13-7-5-4-6-8-13)9-10-17-14-11-15(18)16(14,2)3/h4-8,12,14-15,17-18H,9-11H2,1-3H3. The van der Waals surface area contributed by atoms with E-state index in [1.165, 1.54) is 5.56 Å². The van der Waals surface area contributed by atoms with Crippen molar-refractivity contribution in [2.45, 2.75) is 51.7 Å². The van der Waals surface area contributed by atoms with Crippen LogP contribution in [0.3, 0.4) is 0 Å². The second-order valence-electron chi connectivity index (χ2n) is 6.18. The molecule has 3 unspecified atom stereocenters. The second kappa shape index (κ2) is 5.41. The van der Waals surface area contributed by atoms with Gasteiger partial charge in [0, 0.05) is 11.5 Å². The van der Waals surface area contributed by atoms with Gasteiger partial charge in [-0.15, -0.1) is 0 Å². The molecule has 1 saturated carbocycles. The van der Waals surface area contributed by atoms with Gasteiger partial charge in [-0.3, -0.25) is 0 Å². The first-order valence-electron chi connectivity index (χ1n) is 6.98. The Labute approximate surface area is 110 Å². The third-order valence-corrected chi connectivity index (χ3v) is 4.55. The minimum absolute atomic E-state index is 0.0377. The normalized spacial score (nSPS) is 27.6. The van der Waals surface area contributed by atoms with E-state index in [9.17, 15) is 5.11 Å². The molecule has 1 fully saturated rings. The molecule has 2 nitrogen and oxygen atoms in total. The first-order chi connectivity index (χ1) is 8.51. The Morgan fingerprint density at radius 3 is 2.56 bits per heavy atom. The van der Waals surface area contributed by atoms with Crippen molar-refractivity contribution in [3.05, 3.63) is 35.9 Å². The van der Waals surface area contributed by atoms with Crippen molar-refractivity contribution in [1.82, 2.24) is 5.32 Å². The van der Waals surface area contributed by atoms with E-state index in [0.717, 1.165) is 19.4 Å². The minimum atomic E-state index is -0.137. The van der Waals surface area contributed by atoms with Crippen LogP contribution < -0.4 is 5.32 Å². The van der Waals surface area contributed by atoms with Gasteiger partial charge in [0.2, 0.25) is 0 Å². The van der Waals surface area contributed by atoms with Crippen LogP contribution in [-0.2, 0) is 0 Å². The molecular weight excluding hydrogens is 222 g/mol. The summed E-state index contributed by atoms with van der Waals surface area (Å²) in [5.41, 5.74) is 1.45. The number of hydrogen-bond donors (Lipinski definition) is 2. The first kappa shape index (κ1) is 13.6. The summed E-state index contributed by atoms with van der Waals surface area (Å²) in [4.78, 5) is 0. The fourth-order valence-electron chi connectivity index (χ4n) is 2.67. The Kier molecular flexibility index (Phi) is 4.08. The van der Waals surface area contributed by atoms with Gasteiger partial charge < -0.3 is 10.4 Å². The number of aliphatic hydroxyl groups excluding tert-OH is 1. The molecular formula is C16H25NO. The van der Waals surface area contributed by atoms with Crippen molar-refractivity contribution in [3.63, 3.8) is 0 Å². The van der Waals surface area contributed by atoms with Gasteiger partial charge in [0.15, 0.2) is 0 Å². The van der Waals surface area contributed by atoms with Crippen LogP contribution >= 0.6 is 0 Å². The monoisotopic (exact) mass is 247 g/mol. The molecule has 2 rings (SSSR count). The molecule has 1 aliphatic rings. The zero-order chi connectivity index (χ0) is 13.2. The second-order valence-corrected chi connectivity index (χ2v) is 6.18.